The third kappa shape index (κ3) is 3.63. The van der Waals surface area contributed by atoms with Gasteiger partial charge in [-0.25, -0.2) is 4.79 Å². The lowest BCUT2D eigenvalue weighted by Crippen LogP contribution is -2.43. The Labute approximate surface area is 164 Å². The van der Waals surface area contributed by atoms with Crippen molar-refractivity contribution in [3.63, 3.8) is 0 Å². The molecule has 0 aromatic heterocycles. The zero-order valence-electron chi connectivity index (χ0n) is 14.2. The van der Waals surface area contributed by atoms with Crippen LogP contribution in [-0.4, -0.2) is 38.6 Å². The number of carbonyl (C=O) groups is 2. The third-order valence-electron chi connectivity index (χ3n) is 4.34. The monoisotopic (exact) mass is 406 g/mol. The molecule has 0 spiro atoms. The molecule has 3 rings (SSSR count). The van der Waals surface area contributed by atoms with Gasteiger partial charge >= 0.3 is 5.97 Å². The van der Waals surface area contributed by atoms with Crippen molar-refractivity contribution in [1.82, 2.24) is 4.90 Å². The molecule has 1 fully saturated rings. The molecule has 2 aromatic rings. The molecule has 2 aromatic carbocycles. The lowest BCUT2D eigenvalue weighted by Gasteiger charge is -2.28. The molecule has 2 atom stereocenters. The van der Waals surface area contributed by atoms with Crippen LogP contribution in [-0.2, 0) is 4.79 Å². The number of aliphatic carboxylic acids is 1. The van der Waals surface area contributed by atoms with Crippen molar-refractivity contribution < 1.29 is 19.6 Å². The van der Waals surface area contributed by atoms with Crippen LogP contribution in [0.4, 0.5) is 5.69 Å². The van der Waals surface area contributed by atoms with Gasteiger partial charge < -0.3 is 10.0 Å². The van der Waals surface area contributed by atoms with E-state index in [1.807, 2.05) is 0 Å². The van der Waals surface area contributed by atoms with E-state index in [2.05, 4.69) is 0 Å². The number of halogens is 1. The average molecular weight is 407 g/mol. The first-order valence-electron chi connectivity index (χ1n) is 7.97. The summed E-state index contributed by atoms with van der Waals surface area (Å²) in [4.78, 5) is 36.7. The summed E-state index contributed by atoms with van der Waals surface area (Å²) in [6.45, 7) is 1.57. The lowest BCUT2D eigenvalue weighted by molar-refractivity contribution is -0.385. The molecule has 9 heteroatoms. The molecule has 7 nitrogen and oxygen atoms in total. The van der Waals surface area contributed by atoms with E-state index in [4.69, 9.17) is 11.6 Å². The Morgan fingerprint density at radius 2 is 2.00 bits per heavy atom. The van der Waals surface area contributed by atoms with Gasteiger partial charge in [0, 0.05) is 33.5 Å². The highest BCUT2D eigenvalue weighted by atomic mass is 35.5. The van der Waals surface area contributed by atoms with Crippen molar-refractivity contribution in [2.24, 2.45) is 0 Å². The Morgan fingerprint density at radius 3 is 2.63 bits per heavy atom. The Balaban J connectivity index is 2.05. The van der Waals surface area contributed by atoms with Gasteiger partial charge in [0.15, 0.2) is 0 Å². The van der Waals surface area contributed by atoms with Gasteiger partial charge in [-0.15, -0.1) is 11.8 Å². The number of thioether (sulfide) groups is 1. The first-order valence-corrected chi connectivity index (χ1v) is 9.40. The molecule has 1 heterocycles. The van der Waals surface area contributed by atoms with Crippen LogP contribution in [0.1, 0.15) is 26.9 Å². The Kier molecular flexibility index (Phi) is 5.38. The third-order valence-corrected chi connectivity index (χ3v) is 5.99. The van der Waals surface area contributed by atoms with Crippen molar-refractivity contribution in [2.45, 2.75) is 18.3 Å². The number of benzene rings is 2. The van der Waals surface area contributed by atoms with Crippen molar-refractivity contribution in [1.29, 1.82) is 0 Å². The summed E-state index contributed by atoms with van der Waals surface area (Å²) in [6.07, 6.45) is 0. The minimum atomic E-state index is -1.13. The molecular formula is C18H15ClN2O5S. The van der Waals surface area contributed by atoms with Crippen LogP contribution in [0.2, 0.25) is 5.02 Å². The highest BCUT2D eigenvalue weighted by Gasteiger charge is 2.43. The number of nitro benzene ring substituents is 1. The zero-order chi connectivity index (χ0) is 19.7. The van der Waals surface area contributed by atoms with E-state index in [0.29, 0.717) is 16.1 Å². The number of nitrogens with zero attached hydrogens (tertiary/aromatic N) is 2. The highest BCUT2D eigenvalue weighted by Crippen LogP contribution is 2.44. The maximum atomic E-state index is 13.1. The smallest absolute Gasteiger partial charge is 0.327 e. The van der Waals surface area contributed by atoms with Crippen LogP contribution in [0.25, 0.3) is 0 Å². The summed E-state index contributed by atoms with van der Waals surface area (Å²) >= 11 is 7.54. The minimum Gasteiger partial charge on any atom is -0.480 e. The lowest BCUT2D eigenvalue weighted by atomic mass is 10.1. The topological polar surface area (TPSA) is 101 Å². The van der Waals surface area contributed by atoms with Gasteiger partial charge in [0.05, 0.1) is 4.92 Å². The molecule has 1 amide bonds. The van der Waals surface area contributed by atoms with Gasteiger partial charge in [-0.1, -0.05) is 35.9 Å². The Morgan fingerprint density at radius 1 is 1.30 bits per heavy atom. The van der Waals surface area contributed by atoms with E-state index in [1.165, 1.54) is 34.9 Å². The number of hydrogen-bond donors (Lipinski definition) is 1. The predicted octanol–water partition coefficient (Wildman–Crippen LogP) is 3.90. The molecule has 140 valence electrons. The van der Waals surface area contributed by atoms with Gasteiger partial charge in [-0.05, 0) is 19.1 Å². The molecule has 2 unspecified atom stereocenters. The van der Waals surface area contributed by atoms with Crippen LogP contribution in [0.5, 0.6) is 0 Å². The molecule has 0 saturated carbocycles. The number of carbonyl (C=O) groups excluding carboxylic acids is 1. The molecule has 0 bridgehead atoms. The van der Waals surface area contributed by atoms with Gasteiger partial charge in [0.1, 0.15) is 11.4 Å². The highest BCUT2D eigenvalue weighted by molar-refractivity contribution is 7.99. The van der Waals surface area contributed by atoms with Crippen molar-refractivity contribution in [3.8, 4) is 0 Å². The molecule has 27 heavy (non-hydrogen) atoms. The van der Waals surface area contributed by atoms with Crippen LogP contribution in [0, 0.1) is 17.0 Å². The van der Waals surface area contributed by atoms with E-state index < -0.39 is 28.2 Å². The Hall–Kier alpha value is -2.58. The number of nitro groups is 1. The summed E-state index contributed by atoms with van der Waals surface area (Å²) in [6, 6.07) is 10.00. The van der Waals surface area contributed by atoms with Gasteiger partial charge in [-0.2, -0.15) is 0 Å². The molecule has 1 aliphatic rings. The summed E-state index contributed by atoms with van der Waals surface area (Å²) in [5.41, 5.74) is 0.930. The summed E-state index contributed by atoms with van der Waals surface area (Å²) < 4.78 is 0. The first-order chi connectivity index (χ1) is 12.8. The second-order valence-corrected chi connectivity index (χ2v) is 7.55. The number of rotatable bonds is 4. The maximum Gasteiger partial charge on any atom is 0.327 e. The fraction of sp³-hybridized carbons (Fsp3) is 0.222. The molecule has 1 aliphatic heterocycles. The molecule has 0 radical (unpaired) electrons. The summed E-state index contributed by atoms with van der Waals surface area (Å²) in [5.74, 6) is -1.52. The number of carboxylic acids is 1. The van der Waals surface area contributed by atoms with Crippen LogP contribution in [0.3, 0.4) is 0 Å². The van der Waals surface area contributed by atoms with Crippen LogP contribution >= 0.6 is 23.4 Å². The van der Waals surface area contributed by atoms with Crippen molar-refractivity contribution in [3.05, 3.63) is 74.3 Å². The van der Waals surface area contributed by atoms with E-state index in [-0.39, 0.29) is 17.0 Å². The minimum absolute atomic E-state index is 0.0677. The largest absolute Gasteiger partial charge is 0.480 e. The SMILES string of the molecule is Cc1ccc(C(=O)N2C(C(=O)O)CSC2c2ccccc2Cl)cc1[N+](=O)[O-]. The van der Waals surface area contributed by atoms with E-state index in [9.17, 15) is 24.8 Å². The second-order valence-electron chi connectivity index (χ2n) is 6.03. The normalized spacial score (nSPS) is 19.1. The fourth-order valence-corrected chi connectivity index (χ4v) is 4.71. The van der Waals surface area contributed by atoms with Crippen LogP contribution < -0.4 is 0 Å². The summed E-state index contributed by atoms with van der Waals surface area (Å²) in [7, 11) is 0. The summed E-state index contributed by atoms with van der Waals surface area (Å²) in [5, 5.41) is 20.6. The average Bonchev–Trinajstić information content (AvgIpc) is 3.06. The molecular weight excluding hydrogens is 392 g/mol. The van der Waals surface area contributed by atoms with Crippen molar-refractivity contribution >= 4 is 40.9 Å². The first kappa shape index (κ1) is 19.2. The quantitative estimate of drug-likeness (QED) is 0.610. The maximum absolute atomic E-state index is 13.1. The number of hydrogen-bond acceptors (Lipinski definition) is 5. The number of amides is 1. The van der Waals surface area contributed by atoms with Gasteiger partial charge in [0.25, 0.3) is 11.6 Å². The van der Waals surface area contributed by atoms with E-state index in [1.54, 1.807) is 31.2 Å². The van der Waals surface area contributed by atoms with E-state index >= 15 is 0 Å². The molecule has 1 N–H and O–H groups in total. The second kappa shape index (κ2) is 7.58. The standard InChI is InChI=1S/C18H15ClN2O5S/c1-10-6-7-11(8-14(10)21(25)26)16(22)20-15(18(23)24)9-27-17(20)12-4-2-3-5-13(12)19/h2-8,15,17H,9H2,1H3,(H,23,24). The number of aryl methyl sites for hydroxylation is 1. The zero-order valence-corrected chi connectivity index (χ0v) is 15.7. The van der Waals surface area contributed by atoms with Crippen molar-refractivity contribution in [2.75, 3.05) is 5.75 Å². The fourth-order valence-electron chi connectivity index (χ4n) is 2.95. The number of carboxylic acid groups (broad SMARTS) is 1. The van der Waals surface area contributed by atoms with Crippen LogP contribution in [0.15, 0.2) is 42.5 Å². The molecule has 1 saturated heterocycles. The molecule has 0 aliphatic carbocycles. The van der Waals surface area contributed by atoms with E-state index in [0.717, 1.165) is 0 Å². The van der Waals surface area contributed by atoms with Gasteiger partial charge in [0.2, 0.25) is 0 Å². The Bertz CT molecular complexity index is 936. The van der Waals surface area contributed by atoms with Gasteiger partial charge in [-0.3, -0.25) is 14.9 Å². The predicted molar refractivity (Wildman–Crippen MR) is 102 cm³/mol.